The van der Waals surface area contributed by atoms with Crippen LogP contribution in [0.1, 0.15) is 40.7 Å². The summed E-state index contributed by atoms with van der Waals surface area (Å²) in [6.07, 6.45) is 3.77. The second-order valence-electron chi connectivity index (χ2n) is 7.75. The summed E-state index contributed by atoms with van der Waals surface area (Å²) in [6.45, 7) is 3.20. The predicted octanol–water partition coefficient (Wildman–Crippen LogP) is 2.48. The number of amides is 2. The van der Waals surface area contributed by atoms with Gasteiger partial charge < -0.3 is 25.3 Å². The third-order valence-corrected chi connectivity index (χ3v) is 5.48. The molecule has 1 aliphatic rings. The number of benzene rings is 2. The van der Waals surface area contributed by atoms with E-state index in [1.165, 1.54) is 39.0 Å². The molecule has 1 fully saturated rings. The molecule has 1 aliphatic heterocycles. The lowest BCUT2D eigenvalue weighted by Gasteiger charge is -2.27. The highest BCUT2D eigenvalue weighted by molar-refractivity contribution is 5.95. The van der Waals surface area contributed by atoms with Crippen molar-refractivity contribution in [3.05, 3.63) is 53.1 Å². The second kappa shape index (κ2) is 11.4. The lowest BCUT2D eigenvalue weighted by atomic mass is 10.0. The van der Waals surface area contributed by atoms with E-state index >= 15 is 0 Å². The van der Waals surface area contributed by atoms with Crippen molar-refractivity contribution in [3.63, 3.8) is 0 Å². The summed E-state index contributed by atoms with van der Waals surface area (Å²) in [5.74, 6) is -0.116. The number of hydrogen-bond donors (Lipinski definition) is 2. The van der Waals surface area contributed by atoms with Crippen LogP contribution in [0.5, 0.6) is 17.2 Å². The highest BCUT2D eigenvalue weighted by Crippen LogP contribution is 2.38. The molecule has 0 aliphatic carbocycles. The van der Waals surface area contributed by atoms with E-state index in [9.17, 15) is 9.59 Å². The largest absolute Gasteiger partial charge is 0.493 e. The van der Waals surface area contributed by atoms with Gasteiger partial charge in [-0.3, -0.25) is 14.5 Å². The van der Waals surface area contributed by atoms with Crippen LogP contribution in [0.4, 0.5) is 0 Å². The highest BCUT2D eigenvalue weighted by atomic mass is 16.5. The zero-order valence-corrected chi connectivity index (χ0v) is 18.7. The first kappa shape index (κ1) is 23.4. The smallest absolute Gasteiger partial charge is 0.255 e. The molecule has 172 valence electrons. The monoisotopic (exact) mass is 441 g/mol. The Hall–Kier alpha value is -3.26. The van der Waals surface area contributed by atoms with E-state index in [0.29, 0.717) is 12.1 Å². The summed E-state index contributed by atoms with van der Waals surface area (Å²) in [6, 6.07) is 11.3. The number of rotatable bonds is 10. The van der Waals surface area contributed by atoms with Gasteiger partial charge in [-0.25, -0.2) is 0 Å². The minimum Gasteiger partial charge on any atom is -0.493 e. The maximum Gasteiger partial charge on any atom is 0.255 e. The van der Waals surface area contributed by atoms with Gasteiger partial charge in [0.2, 0.25) is 5.75 Å². The molecule has 0 aromatic heterocycles. The summed E-state index contributed by atoms with van der Waals surface area (Å²) in [7, 11) is 2.90. The maximum atomic E-state index is 12.9. The van der Waals surface area contributed by atoms with Crippen molar-refractivity contribution < 1.29 is 23.8 Å². The van der Waals surface area contributed by atoms with Gasteiger partial charge in [-0.1, -0.05) is 30.7 Å². The quantitative estimate of drug-likeness (QED) is 0.587. The number of carbonyl (C=O) groups is 2. The number of nitrogens with two attached hydrogens (primary N) is 1. The summed E-state index contributed by atoms with van der Waals surface area (Å²) in [5.41, 5.74) is 7.83. The Morgan fingerprint density at radius 2 is 1.62 bits per heavy atom. The van der Waals surface area contributed by atoms with Crippen LogP contribution < -0.4 is 25.3 Å². The minimum absolute atomic E-state index is 0.220. The number of piperidine rings is 1. The Balaban J connectivity index is 1.71. The number of ether oxygens (including phenoxy) is 3. The third kappa shape index (κ3) is 6.13. The van der Waals surface area contributed by atoms with Gasteiger partial charge in [-0.15, -0.1) is 0 Å². The van der Waals surface area contributed by atoms with Gasteiger partial charge in [0.15, 0.2) is 18.1 Å². The molecule has 32 heavy (non-hydrogen) atoms. The molecule has 0 bridgehead atoms. The fourth-order valence-electron chi connectivity index (χ4n) is 3.82. The zero-order valence-electron chi connectivity index (χ0n) is 18.7. The molecule has 1 heterocycles. The summed E-state index contributed by atoms with van der Waals surface area (Å²) < 4.78 is 16.1. The van der Waals surface area contributed by atoms with Crippen LogP contribution in [0.3, 0.4) is 0 Å². The standard InChI is InChI=1S/C24H31N3O5/c1-30-20-12-19(13-21(31-2)23(20)32-16-22(25)28)24(29)26-14-17-8-4-5-9-18(17)15-27-10-6-3-7-11-27/h4-5,8-9,12-13H,3,6-7,10-11,14-16H2,1-2H3,(H2,25,28)(H,26,29). The van der Waals surface area contributed by atoms with Crippen molar-refractivity contribution in [2.24, 2.45) is 5.73 Å². The van der Waals surface area contributed by atoms with Gasteiger partial charge in [0.1, 0.15) is 0 Å². The minimum atomic E-state index is -0.626. The predicted molar refractivity (Wildman–Crippen MR) is 121 cm³/mol. The molecular weight excluding hydrogens is 410 g/mol. The van der Waals surface area contributed by atoms with Gasteiger partial charge in [-0.05, 0) is 49.2 Å². The van der Waals surface area contributed by atoms with Crippen molar-refractivity contribution in [3.8, 4) is 17.2 Å². The topological polar surface area (TPSA) is 103 Å². The van der Waals surface area contributed by atoms with Gasteiger partial charge >= 0.3 is 0 Å². The summed E-state index contributed by atoms with van der Waals surface area (Å²) in [5, 5.41) is 2.98. The molecule has 2 aromatic carbocycles. The molecule has 8 heteroatoms. The Morgan fingerprint density at radius 1 is 1.00 bits per heavy atom. The van der Waals surface area contributed by atoms with Gasteiger partial charge in [0, 0.05) is 18.7 Å². The van der Waals surface area contributed by atoms with Gasteiger partial charge in [-0.2, -0.15) is 0 Å². The Kier molecular flexibility index (Phi) is 8.33. The van der Waals surface area contributed by atoms with E-state index in [1.54, 1.807) is 12.1 Å². The first-order valence-corrected chi connectivity index (χ1v) is 10.8. The molecule has 0 radical (unpaired) electrons. The van der Waals surface area contributed by atoms with Crippen molar-refractivity contribution in [2.45, 2.75) is 32.4 Å². The number of hydrogen-bond acceptors (Lipinski definition) is 6. The number of carbonyl (C=O) groups excluding carboxylic acids is 2. The van der Waals surface area contributed by atoms with E-state index in [1.807, 2.05) is 18.2 Å². The average Bonchev–Trinajstić information content (AvgIpc) is 2.82. The average molecular weight is 442 g/mol. The van der Waals surface area contributed by atoms with Crippen molar-refractivity contribution in [1.29, 1.82) is 0 Å². The Labute approximate surface area is 188 Å². The molecule has 2 aromatic rings. The van der Waals surface area contributed by atoms with Crippen LogP contribution in [0, 0.1) is 0 Å². The van der Waals surface area contributed by atoms with E-state index < -0.39 is 5.91 Å². The van der Waals surface area contributed by atoms with E-state index in [-0.39, 0.29) is 29.8 Å². The zero-order chi connectivity index (χ0) is 22.9. The molecule has 1 saturated heterocycles. The van der Waals surface area contributed by atoms with Crippen molar-refractivity contribution in [1.82, 2.24) is 10.2 Å². The van der Waals surface area contributed by atoms with E-state index in [4.69, 9.17) is 19.9 Å². The van der Waals surface area contributed by atoms with E-state index in [0.717, 1.165) is 25.2 Å². The second-order valence-corrected chi connectivity index (χ2v) is 7.75. The molecule has 0 spiro atoms. The van der Waals surface area contributed by atoms with Crippen LogP contribution in [0.15, 0.2) is 36.4 Å². The van der Waals surface area contributed by atoms with Gasteiger partial charge in [0.05, 0.1) is 14.2 Å². The number of primary amides is 1. The van der Waals surface area contributed by atoms with Crippen LogP contribution in [-0.4, -0.2) is 50.6 Å². The molecule has 0 atom stereocenters. The molecule has 0 unspecified atom stereocenters. The normalized spacial score (nSPS) is 13.9. The Morgan fingerprint density at radius 3 is 2.22 bits per heavy atom. The Bertz CT molecular complexity index is 916. The van der Waals surface area contributed by atoms with Gasteiger partial charge in [0.25, 0.3) is 11.8 Å². The van der Waals surface area contributed by atoms with Crippen LogP contribution in [0.2, 0.25) is 0 Å². The van der Waals surface area contributed by atoms with Crippen LogP contribution >= 0.6 is 0 Å². The first-order valence-electron chi connectivity index (χ1n) is 10.8. The molecule has 0 saturated carbocycles. The summed E-state index contributed by atoms with van der Waals surface area (Å²) >= 11 is 0. The lowest BCUT2D eigenvalue weighted by Crippen LogP contribution is -2.30. The van der Waals surface area contributed by atoms with E-state index in [2.05, 4.69) is 16.3 Å². The highest BCUT2D eigenvalue weighted by Gasteiger charge is 2.19. The third-order valence-electron chi connectivity index (χ3n) is 5.48. The molecular formula is C24H31N3O5. The molecule has 8 nitrogen and oxygen atoms in total. The van der Waals surface area contributed by atoms with Crippen molar-refractivity contribution in [2.75, 3.05) is 33.9 Å². The maximum absolute atomic E-state index is 12.9. The van der Waals surface area contributed by atoms with Crippen LogP contribution in [-0.2, 0) is 17.9 Å². The fourth-order valence-corrected chi connectivity index (χ4v) is 3.82. The number of likely N-dealkylation sites (tertiary alicyclic amines) is 1. The van der Waals surface area contributed by atoms with Crippen LogP contribution in [0.25, 0.3) is 0 Å². The number of nitrogens with zero attached hydrogens (tertiary/aromatic N) is 1. The molecule has 3 N–H and O–H groups in total. The summed E-state index contributed by atoms with van der Waals surface area (Å²) in [4.78, 5) is 26.4. The molecule has 3 rings (SSSR count). The number of nitrogens with one attached hydrogen (secondary N) is 1. The van der Waals surface area contributed by atoms with Crippen molar-refractivity contribution >= 4 is 11.8 Å². The molecule has 2 amide bonds. The first-order chi connectivity index (χ1) is 15.5. The number of methoxy groups -OCH3 is 2. The fraction of sp³-hybridized carbons (Fsp3) is 0.417. The SMILES string of the molecule is COc1cc(C(=O)NCc2ccccc2CN2CCCCC2)cc(OC)c1OCC(N)=O. The lowest BCUT2D eigenvalue weighted by molar-refractivity contribution is -0.120.